The number of rotatable bonds is 4. The highest BCUT2D eigenvalue weighted by molar-refractivity contribution is 5.67. The molecule has 0 saturated carbocycles. The summed E-state index contributed by atoms with van der Waals surface area (Å²) in [7, 11) is 1.58. The molecule has 1 aromatic carbocycles. The first-order chi connectivity index (χ1) is 9.67. The highest BCUT2D eigenvalue weighted by Gasteiger charge is 2.11. The molecule has 0 aliphatic carbocycles. The molecular weight excluding hydrogens is 254 g/mol. The molecule has 2 rings (SSSR count). The van der Waals surface area contributed by atoms with Gasteiger partial charge in [0.1, 0.15) is 5.75 Å². The van der Waals surface area contributed by atoms with Gasteiger partial charge in [-0.15, -0.1) is 0 Å². The molecule has 0 unspecified atom stereocenters. The molecule has 20 heavy (non-hydrogen) atoms. The van der Waals surface area contributed by atoms with Gasteiger partial charge >= 0.3 is 0 Å². The van der Waals surface area contributed by atoms with Crippen LogP contribution >= 0.6 is 0 Å². The number of aryl methyl sites for hydroxylation is 1. The van der Waals surface area contributed by atoms with E-state index < -0.39 is 0 Å². The van der Waals surface area contributed by atoms with Crippen LogP contribution in [0.2, 0.25) is 0 Å². The molecule has 0 saturated heterocycles. The fourth-order valence-corrected chi connectivity index (χ4v) is 1.97. The van der Waals surface area contributed by atoms with Crippen molar-refractivity contribution in [3.05, 3.63) is 46.2 Å². The maximum Gasteiger partial charge on any atom is 0.270 e. The fraction of sp³-hybridized carbons (Fsp3) is 0.267. The summed E-state index contributed by atoms with van der Waals surface area (Å²) in [5.41, 5.74) is 1.63. The Kier molecular flexibility index (Phi) is 4.16. The highest BCUT2D eigenvalue weighted by atomic mass is 16.5. The Morgan fingerprint density at radius 2 is 2.15 bits per heavy atom. The van der Waals surface area contributed by atoms with Crippen LogP contribution in [-0.4, -0.2) is 16.4 Å². The molecule has 2 aromatic rings. The molecule has 0 aliphatic rings. The van der Waals surface area contributed by atoms with E-state index in [2.05, 4.69) is 5.10 Å². The van der Waals surface area contributed by atoms with E-state index in [1.807, 2.05) is 37.3 Å². The summed E-state index contributed by atoms with van der Waals surface area (Å²) < 4.78 is 6.82. The Morgan fingerprint density at radius 3 is 2.85 bits per heavy atom. The smallest absolute Gasteiger partial charge is 0.270 e. The van der Waals surface area contributed by atoms with Gasteiger partial charge in [0, 0.05) is 18.2 Å². The van der Waals surface area contributed by atoms with Crippen LogP contribution in [0.4, 0.5) is 0 Å². The average molecular weight is 269 g/mol. The van der Waals surface area contributed by atoms with Crippen molar-refractivity contribution in [2.45, 2.75) is 13.3 Å². The van der Waals surface area contributed by atoms with E-state index in [0.717, 1.165) is 5.56 Å². The van der Waals surface area contributed by atoms with Crippen LogP contribution in [0, 0.1) is 11.3 Å². The number of aromatic nitrogens is 2. The van der Waals surface area contributed by atoms with Crippen LogP contribution in [0.3, 0.4) is 0 Å². The third-order valence-corrected chi connectivity index (χ3v) is 2.87. The molecule has 1 heterocycles. The summed E-state index contributed by atoms with van der Waals surface area (Å²) in [4.78, 5) is 11.9. The van der Waals surface area contributed by atoms with Crippen molar-refractivity contribution in [3.63, 3.8) is 0 Å². The topological polar surface area (TPSA) is 67.9 Å². The predicted octanol–water partition coefficient (Wildman–Crippen LogP) is 1.91. The second-order valence-electron chi connectivity index (χ2n) is 4.25. The first-order valence-corrected chi connectivity index (χ1v) is 6.33. The molecule has 0 radical (unpaired) electrons. The molecule has 0 bridgehead atoms. The lowest BCUT2D eigenvalue weighted by molar-refractivity contribution is 0.341. The van der Waals surface area contributed by atoms with Crippen molar-refractivity contribution in [1.82, 2.24) is 9.78 Å². The number of nitriles is 1. The van der Waals surface area contributed by atoms with Crippen molar-refractivity contribution in [1.29, 1.82) is 5.26 Å². The van der Waals surface area contributed by atoms with Crippen LogP contribution in [-0.2, 0) is 13.5 Å². The first kappa shape index (κ1) is 13.8. The molecule has 0 amide bonds. The Morgan fingerprint density at radius 1 is 1.40 bits per heavy atom. The lowest BCUT2D eigenvalue weighted by atomic mass is 10.1. The summed E-state index contributed by atoms with van der Waals surface area (Å²) in [6.45, 7) is 2.46. The minimum Gasteiger partial charge on any atom is -0.493 e. The Balaban J connectivity index is 2.59. The molecule has 0 aliphatic heterocycles. The molecule has 102 valence electrons. The third kappa shape index (κ3) is 2.69. The number of nitrogens with zero attached hydrogens (tertiary/aromatic N) is 3. The van der Waals surface area contributed by atoms with Gasteiger partial charge in [0.15, 0.2) is 0 Å². The summed E-state index contributed by atoms with van der Waals surface area (Å²) in [5.74, 6) is 0.712. The standard InChI is InChI=1S/C15H15N3O2/c1-3-20-14-7-5-4-6-12(14)13-10-11(8-9-16)15(19)18(2)17-13/h4-7,10H,3,8H2,1-2H3. The van der Waals surface area contributed by atoms with Gasteiger partial charge in [-0.1, -0.05) is 12.1 Å². The number of para-hydroxylation sites is 1. The van der Waals surface area contributed by atoms with Gasteiger partial charge in [-0.3, -0.25) is 4.79 Å². The van der Waals surface area contributed by atoms with E-state index in [1.165, 1.54) is 4.68 Å². The minimum absolute atomic E-state index is 0.0684. The molecule has 0 fully saturated rings. The van der Waals surface area contributed by atoms with E-state index in [-0.39, 0.29) is 12.0 Å². The van der Waals surface area contributed by atoms with Gasteiger partial charge in [0.2, 0.25) is 0 Å². The van der Waals surface area contributed by atoms with E-state index >= 15 is 0 Å². The Hall–Kier alpha value is -2.61. The maximum atomic E-state index is 11.9. The Labute approximate surface area is 117 Å². The number of hydrogen-bond acceptors (Lipinski definition) is 4. The van der Waals surface area contributed by atoms with E-state index in [9.17, 15) is 4.79 Å². The number of ether oxygens (including phenoxy) is 1. The quantitative estimate of drug-likeness (QED) is 0.850. The molecule has 0 N–H and O–H groups in total. The van der Waals surface area contributed by atoms with Gasteiger partial charge < -0.3 is 4.74 Å². The van der Waals surface area contributed by atoms with Gasteiger partial charge in [-0.25, -0.2) is 4.68 Å². The Bertz CT molecular complexity index is 714. The van der Waals surface area contributed by atoms with E-state index in [1.54, 1.807) is 13.1 Å². The SMILES string of the molecule is CCOc1ccccc1-c1cc(CC#N)c(=O)n(C)n1. The van der Waals surface area contributed by atoms with Gasteiger partial charge in [0.25, 0.3) is 5.56 Å². The molecule has 5 nitrogen and oxygen atoms in total. The maximum absolute atomic E-state index is 11.9. The molecular formula is C15H15N3O2. The van der Waals surface area contributed by atoms with Gasteiger partial charge in [0.05, 0.1) is 24.8 Å². The van der Waals surface area contributed by atoms with Crippen molar-refractivity contribution in [2.24, 2.45) is 7.05 Å². The minimum atomic E-state index is -0.246. The molecule has 0 spiro atoms. The summed E-state index contributed by atoms with van der Waals surface area (Å²) in [6, 6.07) is 11.2. The lowest BCUT2D eigenvalue weighted by Gasteiger charge is -2.11. The number of hydrogen-bond donors (Lipinski definition) is 0. The van der Waals surface area contributed by atoms with E-state index in [4.69, 9.17) is 10.00 Å². The monoisotopic (exact) mass is 269 g/mol. The third-order valence-electron chi connectivity index (χ3n) is 2.87. The molecule has 0 atom stereocenters. The second-order valence-corrected chi connectivity index (χ2v) is 4.25. The lowest BCUT2D eigenvalue weighted by Crippen LogP contribution is -2.23. The van der Waals surface area contributed by atoms with Gasteiger partial charge in [-0.2, -0.15) is 10.4 Å². The van der Waals surface area contributed by atoms with Gasteiger partial charge in [-0.05, 0) is 25.1 Å². The second kappa shape index (κ2) is 6.02. The molecule has 1 aromatic heterocycles. The summed E-state index contributed by atoms with van der Waals surface area (Å²) in [5, 5.41) is 13.0. The van der Waals surface area contributed by atoms with Crippen LogP contribution in [0.5, 0.6) is 5.75 Å². The normalized spacial score (nSPS) is 10.1. The zero-order valence-electron chi connectivity index (χ0n) is 11.5. The predicted molar refractivity (Wildman–Crippen MR) is 75.4 cm³/mol. The van der Waals surface area contributed by atoms with Crippen LogP contribution in [0.25, 0.3) is 11.3 Å². The zero-order valence-corrected chi connectivity index (χ0v) is 11.5. The number of benzene rings is 1. The van der Waals surface area contributed by atoms with Crippen LogP contribution in [0.1, 0.15) is 12.5 Å². The van der Waals surface area contributed by atoms with Crippen molar-refractivity contribution in [2.75, 3.05) is 6.61 Å². The van der Waals surface area contributed by atoms with Crippen molar-refractivity contribution < 1.29 is 4.74 Å². The van der Waals surface area contributed by atoms with Crippen molar-refractivity contribution >= 4 is 0 Å². The fourth-order valence-electron chi connectivity index (χ4n) is 1.97. The van der Waals surface area contributed by atoms with Crippen LogP contribution in [0.15, 0.2) is 35.1 Å². The largest absolute Gasteiger partial charge is 0.493 e. The summed E-state index contributed by atoms with van der Waals surface area (Å²) in [6.07, 6.45) is 0.0684. The van der Waals surface area contributed by atoms with Crippen molar-refractivity contribution in [3.8, 4) is 23.1 Å². The highest BCUT2D eigenvalue weighted by Crippen LogP contribution is 2.28. The van der Waals surface area contributed by atoms with E-state index in [0.29, 0.717) is 23.6 Å². The zero-order chi connectivity index (χ0) is 14.5. The first-order valence-electron chi connectivity index (χ1n) is 6.33. The summed E-state index contributed by atoms with van der Waals surface area (Å²) >= 11 is 0. The molecule has 5 heteroatoms. The van der Waals surface area contributed by atoms with Crippen LogP contribution < -0.4 is 10.3 Å². The average Bonchev–Trinajstić information content (AvgIpc) is 2.45.